The molecular weight excluding hydrogens is 263 g/mol. The van der Waals surface area contributed by atoms with Crippen LogP contribution >= 0.6 is 22.9 Å². The molecule has 2 rings (SSSR count). The standard InChI is InChI=1S/C9H9IN2/c10-12-6-7-5-11-9-4-2-1-3-8(7)9/h1-5,11-12H,6H2. The Kier molecular flexibility index (Phi) is 2.32. The molecule has 12 heavy (non-hydrogen) atoms. The summed E-state index contributed by atoms with van der Waals surface area (Å²) < 4.78 is 3.11. The number of fused-ring (bicyclic) bond motifs is 1. The highest BCUT2D eigenvalue weighted by Crippen LogP contribution is 2.17. The Morgan fingerprint density at radius 3 is 3.00 bits per heavy atom. The average Bonchev–Trinajstić information content (AvgIpc) is 2.50. The van der Waals surface area contributed by atoms with Gasteiger partial charge in [0, 0.05) is 46.5 Å². The van der Waals surface area contributed by atoms with Gasteiger partial charge in [-0.15, -0.1) is 0 Å². The Bertz CT molecular complexity index is 381. The van der Waals surface area contributed by atoms with Crippen molar-refractivity contribution in [2.24, 2.45) is 0 Å². The molecular formula is C9H9IN2. The lowest BCUT2D eigenvalue weighted by molar-refractivity contribution is 1.02. The fourth-order valence-corrected chi connectivity index (χ4v) is 1.76. The predicted molar refractivity (Wildman–Crippen MR) is 59.2 cm³/mol. The second-order valence-electron chi connectivity index (χ2n) is 2.67. The van der Waals surface area contributed by atoms with Gasteiger partial charge in [0.15, 0.2) is 0 Å². The quantitative estimate of drug-likeness (QED) is 0.638. The van der Waals surface area contributed by atoms with Crippen molar-refractivity contribution < 1.29 is 0 Å². The molecule has 0 bridgehead atoms. The van der Waals surface area contributed by atoms with Gasteiger partial charge < -0.3 is 4.98 Å². The van der Waals surface area contributed by atoms with Gasteiger partial charge in [-0.2, -0.15) is 0 Å². The molecule has 0 aliphatic heterocycles. The maximum atomic E-state index is 3.23. The summed E-state index contributed by atoms with van der Waals surface area (Å²) in [5.74, 6) is 0. The van der Waals surface area contributed by atoms with Crippen LogP contribution in [0.15, 0.2) is 30.5 Å². The number of hydrogen-bond donors (Lipinski definition) is 2. The van der Waals surface area contributed by atoms with Crippen LogP contribution in [0.5, 0.6) is 0 Å². The van der Waals surface area contributed by atoms with Crippen LogP contribution in [-0.4, -0.2) is 4.98 Å². The summed E-state index contributed by atoms with van der Waals surface area (Å²) in [5.41, 5.74) is 2.53. The molecule has 1 heterocycles. The maximum Gasteiger partial charge on any atom is 0.0457 e. The number of para-hydroxylation sites is 1. The van der Waals surface area contributed by atoms with E-state index in [-0.39, 0.29) is 0 Å². The fraction of sp³-hybridized carbons (Fsp3) is 0.111. The summed E-state index contributed by atoms with van der Waals surface area (Å²) in [6.07, 6.45) is 2.05. The normalized spacial score (nSPS) is 10.8. The molecule has 0 saturated heterocycles. The Morgan fingerprint density at radius 1 is 1.33 bits per heavy atom. The van der Waals surface area contributed by atoms with Gasteiger partial charge in [-0.1, -0.05) is 18.2 Å². The van der Waals surface area contributed by atoms with Crippen LogP contribution in [0.25, 0.3) is 10.9 Å². The van der Waals surface area contributed by atoms with Crippen LogP contribution < -0.4 is 3.53 Å². The highest BCUT2D eigenvalue weighted by molar-refractivity contribution is 14.1. The molecule has 0 unspecified atom stereocenters. The number of benzene rings is 1. The number of H-pyrrole nitrogens is 1. The predicted octanol–water partition coefficient (Wildman–Crippen LogP) is 2.61. The van der Waals surface area contributed by atoms with Crippen LogP contribution in [0.1, 0.15) is 5.56 Å². The number of aromatic nitrogens is 1. The van der Waals surface area contributed by atoms with E-state index in [1.807, 2.05) is 6.07 Å². The first kappa shape index (κ1) is 8.07. The van der Waals surface area contributed by atoms with Crippen molar-refractivity contribution in [3.05, 3.63) is 36.0 Å². The lowest BCUT2D eigenvalue weighted by atomic mass is 10.2. The molecule has 1 aromatic carbocycles. The van der Waals surface area contributed by atoms with Crippen LogP contribution in [0.2, 0.25) is 0 Å². The van der Waals surface area contributed by atoms with Gasteiger partial charge in [-0.05, 0) is 11.6 Å². The first-order valence-corrected chi connectivity index (χ1v) is 4.88. The molecule has 62 valence electrons. The monoisotopic (exact) mass is 272 g/mol. The van der Waals surface area contributed by atoms with Crippen molar-refractivity contribution in [2.45, 2.75) is 6.54 Å². The summed E-state index contributed by atoms with van der Waals surface area (Å²) in [6, 6.07) is 8.33. The summed E-state index contributed by atoms with van der Waals surface area (Å²) in [7, 11) is 0. The minimum Gasteiger partial charge on any atom is -0.361 e. The summed E-state index contributed by atoms with van der Waals surface area (Å²) in [6.45, 7) is 0.907. The third-order valence-electron chi connectivity index (χ3n) is 1.93. The molecule has 2 aromatic rings. The Balaban J connectivity index is 2.55. The van der Waals surface area contributed by atoms with E-state index < -0.39 is 0 Å². The first-order valence-electron chi connectivity index (χ1n) is 3.80. The number of hydrogen-bond acceptors (Lipinski definition) is 1. The van der Waals surface area contributed by atoms with Crippen molar-refractivity contribution in [2.75, 3.05) is 0 Å². The van der Waals surface area contributed by atoms with Crippen molar-refractivity contribution in [3.8, 4) is 0 Å². The second kappa shape index (κ2) is 3.45. The zero-order valence-corrected chi connectivity index (χ0v) is 8.63. The van der Waals surface area contributed by atoms with E-state index >= 15 is 0 Å². The average molecular weight is 272 g/mol. The minimum absolute atomic E-state index is 0.907. The van der Waals surface area contributed by atoms with E-state index in [1.165, 1.54) is 16.5 Å². The molecule has 0 fully saturated rings. The highest BCUT2D eigenvalue weighted by atomic mass is 127. The van der Waals surface area contributed by atoms with Crippen LogP contribution in [0.4, 0.5) is 0 Å². The lowest BCUT2D eigenvalue weighted by Crippen LogP contribution is -1.95. The SMILES string of the molecule is INCc1c[nH]c2ccccc12. The smallest absolute Gasteiger partial charge is 0.0457 e. The number of halogens is 1. The summed E-state index contributed by atoms with van der Waals surface area (Å²) in [5, 5.41) is 1.31. The molecule has 0 atom stereocenters. The topological polar surface area (TPSA) is 27.8 Å². The van der Waals surface area contributed by atoms with E-state index in [9.17, 15) is 0 Å². The lowest BCUT2D eigenvalue weighted by Gasteiger charge is -1.94. The summed E-state index contributed by atoms with van der Waals surface area (Å²) >= 11 is 2.16. The summed E-state index contributed by atoms with van der Waals surface area (Å²) in [4.78, 5) is 3.23. The highest BCUT2D eigenvalue weighted by Gasteiger charge is 1.99. The van der Waals surface area contributed by atoms with E-state index in [0.29, 0.717) is 0 Å². The van der Waals surface area contributed by atoms with Gasteiger partial charge >= 0.3 is 0 Å². The molecule has 0 aliphatic rings. The van der Waals surface area contributed by atoms with Crippen molar-refractivity contribution in [3.63, 3.8) is 0 Å². The molecule has 0 aliphatic carbocycles. The van der Waals surface area contributed by atoms with E-state index in [4.69, 9.17) is 0 Å². The molecule has 1 aromatic heterocycles. The van der Waals surface area contributed by atoms with Gasteiger partial charge in [0.25, 0.3) is 0 Å². The van der Waals surface area contributed by atoms with Crippen LogP contribution in [0.3, 0.4) is 0 Å². The van der Waals surface area contributed by atoms with Crippen LogP contribution in [-0.2, 0) is 6.54 Å². The van der Waals surface area contributed by atoms with Gasteiger partial charge in [0.1, 0.15) is 0 Å². The van der Waals surface area contributed by atoms with E-state index in [1.54, 1.807) is 0 Å². The second-order valence-corrected chi connectivity index (χ2v) is 3.43. The Labute approximate surface area is 84.9 Å². The zero-order valence-electron chi connectivity index (χ0n) is 6.47. The Morgan fingerprint density at radius 2 is 2.17 bits per heavy atom. The zero-order chi connectivity index (χ0) is 8.39. The number of nitrogens with one attached hydrogen (secondary N) is 2. The van der Waals surface area contributed by atoms with E-state index in [0.717, 1.165) is 6.54 Å². The number of aromatic amines is 1. The van der Waals surface area contributed by atoms with Crippen molar-refractivity contribution in [1.29, 1.82) is 0 Å². The third kappa shape index (κ3) is 1.34. The minimum atomic E-state index is 0.907. The van der Waals surface area contributed by atoms with Crippen molar-refractivity contribution in [1.82, 2.24) is 8.51 Å². The fourth-order valence-electron chi connectivity index (χ4n) is 1.35. The number of rotatable bonds is 2. The first-order chi connectivity index (χ1) is 5.92. The third-order valence-corrected chi connectivity index (χ3v) is 2.31. The van der Waals surface area contributed by atoms with Gasteiger partial charge in [-0.3, -0.25) is 3.53 Å². The van der Waals surface area contributed by atoms with Gasteiger partial charge in [0.2, 0.25) is 0 Å². The molecule has 2 nitrogen and oxygen atoms in total. The van der Waals surface area contributed by atoms with E-state index in [2.05, 4.69) is 55.8 Å². The molecule has 0 spiro atoms. The van der Waals surface area contributed by atoms with Crippen molar-refractivity contribution >= 4 is 33.8 Å². The molecule has 3 heteroatoms. The molecule has 0 radical (unpaired) electrons. The maximum absolute atomic E-state index is 3.23. The Hall–Kier alpha value is -0.550. The molecule has 2 N–H and O–H groups in total. The van der Waals surface area contributed by atoms with Gasteiger partial charge in [-0.25, -0.2) is 0 Å². The molecule has 0 amide bonds. The van der Waals surface area contributed by atoms with Gasteiger partial charge in [0.05, 0.1) is 0 Å². The molecule has 0 saturated carbocycles. The largest absolute Gasteiger partial charge is 0.361 e. The van der Waals surface area contributed by atoms with Crippen LogP contribution in [0, 0.1) is 0 Å².